The summed E-state index contributed by atoms with van der Waals surface area (Å²) in [6.45, 7) is 3.93. The Hall–Kier alpha value is -2.54. The van der Waals surface area contributed by atoms with Crippen LogP contribution in [0.5, 0.6) is 5.75 Å². The lowest BCUT2D eigenvalue weighted by Gasteiger charge is -2.25. The number of halogens is 2. The number of alkyl halides is 2. The Morgan fingerprint density at radius 3 is 2.58 bits per heavy atom. The molecule has 15 heteroatoms. The van der Waals surface area contributed by atoms with Gasteiger partial charge in [0.05, 0.1) is 12.7 Å². The molecule has 0 unspecified atom stereocenters. The van der Waals surface area contributed by atoms with Gasteiger partial charge in [0.2, 0.25) is 0 Å². The van der Waals surface area contributed by atoms with E-state index in [1.807, 2.05) is 4.98 Å². The summed E-state index contributed by atoms with van der Waals surface area (Å²) in [6, 6.07) is 7.68. The topological polar surface area (TPSA) is 158 Å². The molecule has 2 heterocycles. The minimum absolute atomic E-state index is 0.125. The largest absolute Gasteiger partial charge is 0.462 e. The van der Waals surface area contributed by atoms with E-state index in [0.717, 1.165) is 12.3 Å². The standard InChI is InChI=1S/C21H26ClFN3O9P/c1-12(2)33-18(29)13(3)25-36(31,35-14-7-5-4-6-8-14)32-11-15-17(28)21(22,23)19(34-15)26-10-9-16(27)24-20(26)30/h4-10,12-13,15,17,19,28H,11H2,1-3H3,(H,25,31)(H,24,27,30)/t13-,15-,17-,19-,21-,36+/m1/s1. The van der Waals surface area contributed by atoms with Crippen LogP contribution < -0.4 is 20.9 Å². The number of carbonyl (C=O) groups is 1. The van der Waals surface area contributed by atoms with Gasteiger partial charge in [0.25, 0.3) is 10.7 Å². The van der Waals surface area contributed by atoms with Crippen LogP contribution >= 0.6 is 19.3 Å². The van der Waals surface area contributed by atoms with Crippen LogP contribution in [0, 0.1) is 0 Å². The predicted molar refractivity (Wildman–Crippen MR) is 125 cm³/mol. The van der Waals surface area contributed by atoms with Gasteiger partial charge >= 0.3 is 19.4 Å². The summed E-state index contributed by atoms with van der Waals surface area (Å²) in [5.74, 6) is -0.607. The normalized spacial score (nSPS) is 26.4. The molecule has 1 aliphatic heterocycles. The number of nitrogens with zero attached hydrogens (tertiary/aromatic N) is 1. The first-order valence-corrected chi connectivity index (χ1v) is 12.7. The number of para-hydroxylation sites is 1. The first-order valence-electron chi connectivity index (χ1n) is 10.8. The highest BCUT2D eigenvalue weighted by molar-refractivity contribution is 7.52. The molecule has 12 nitrogen and oxygen atoms in total. The number of aliphatic hydroxyl groups is 1. The van der Waals surface area contributed by atoms with E-state index in [2.05, 4.69) is 5.09 Å². The number of aromatic nitrogens is 2. The molecule has 2 aromatic rings. The second-order valence-corrected chi connectivity index (χ2v) is 10.5. The number of H-pyrrole nitrogens is 1. The van der Waals surface area contributed by atoms with E-state index >= 15 is 4.39 Å². The maximum absolute atomic E-state index is 15.2. The number of benzene rings is 1. The van der Waals surface area contributed by atoms with E-state index in [0.29, 0.717) is 4.57 Å². The Bertz CT molecular complexity index is 1220. The van der Waals surface area contributed by atoms with Crippen molar-refractivity contribution in [1.29, 1.82) is 0 Å². The highest BCUT2D eigenvalue weighted by atomic mass is 35.5. The third kappa shape index (κ3) is 6.61. The number of hydrogen-bond donors (Lipinski definition) is 3. The van der Waals surface area contributed by atoms with Gasteiger partial charge in [-0.05, 0) is 32.9 Å². The average molecular weight is 550 g/mol. The van der Waals surface area contributed by atoms with E-state index in [1.165, 1.54) is 19.1 Å². The maximum Gasteiger partial charge on any atom is 0.459 e. The second kappa shape index (κ2) is 11.2. The highest BCUT2D eigenvalue weighted by Gasteiger charge is 2.58. The van der Waals surface area contributed by atoms with Gasteiger partial charge in [-0.25, -0.2) is 13.8 Å². The van der Waals surface area contributed by atoms with Crippen LogP contribution in [0.15, 0.2) is 52.2 Å². The van der Waals surface area contributed by atoms with Gasteiger partial charge in [-0.3, -0.25) is 23.7 Å². The summed E-state index contributed by atoms with van der Waals surface area (Å²) in [5, 5.41) is 9.86. The molecule has 1 aromatic heterocycles. The number of aliphatic hydroxyl groups excluding tert-OH is 1. The number of carbonyl (C=O) groups excluding carboxylic acids is 1. The lowest BCUT2D eigenvalue weighted by atomic mass is 10.1. The van der Waals surface area contributed by atoms with Crippen LogP contribution in [-0.4, -0.2) is 56.7 Å². The van der Waals surface area contributed by atoms with Crippen molar-refractivity contribution in [3.05, 3.63) is 63.4 Å². The molecule has 0 amide bonds. The van der Waals surface area contributed by atoms with E-state index in [9.17, 15) is 24.1 Å². The lowest BCUT2D eigenvalue weighted by molar-refractivity contribution is -0.149. The Morgan fingerprint density at radius 2 is 1.97 bits per heavy atom. The minimum atomic E-state index is -4.35. The van der Waals surface area contributed by atoms with Gasteiger partial charge in [-0.15, -0.1) is 0 Å². The molecule has 3 N–H and O–H groups in total. The number of rotatable bonds is 10. The number of nitrogens with one attached hydrogen (secondary N) is 2. The molecule has 0 aliphatic carbocycles. The van der Waals surface area contributed by atoms with Crippen molar-refractivity contribution in [1.82, 2.24) is 14.6 Å². The van der Waals surface area contributed by atoms with Crippen LogP contribution in [0.4, 0.5) is 4.39 Å². The zero-order chi connectivity index (χ0) is 26.7. The van der Waals surface area contributed by atoms with Crippen molar-refractivity contribution in [2.24, 2.45) is 0 Å². The summed E-state index contributed by atoms with van der Waals surface area (Å²) in [7, 11) is -4.35. The molecule has 0 saturated carbocycles. The van der Waals surface area contributed by atoms with E-state index in [4.69, 9.17) is 30.1 Å². The molecule has 3 rings (SSSR count). The van der Waals surface area contributed by atoms with Crippen molar-refractivity contribution < 1.29 is 37.4 Å². The number of aromatic amines is 1. The zero-order valence-electron chi connectivity index (χ0n) is 19.5. The third-order valence-corrected chi connectivity index (χ3v) is 6.97. The van der Waals surface area contributed by atoms with E-state index in [1.54, 1.807) is 32.0 Å². The molecule has 0 bridgehead atoms. The third-order valence-electron chi connectivity index (χ3n) is 4.92. The van der Waals surface area contributed by atoms with Gasteiger partial charge in [-0.2, -0.15) is 5.09 Å². The van der Waals surface area contributed by atoms with E-state index < -0.39 is 67.3 Å². The van der Waals surface area contributed by atoms with E-state index in [-0.39, 0.29) is 5.75 Å². The van der Waals surface area contributed by atoms with Gasteiger partial charge < -0.3 is 19.1 Å². The quantitative estimate of drug-likeness (QED) is 0.227. The zero-order valence-corrected chi connectivity index (χ0v) is 21.1. The Kier molecular flexibility index (Phi) is 8.75. The molecule has 0 spiro atoms. The van der Waals surface area contributed by atoms with Crippen molar-refractivity contribution in [3.63, 3.8) is 0 Å². The average Bonchev–Trinajstić information content (AvgIpc) is 3.01. The Morgan fingerprint density at radius 1 is 1.31 bits per heavy atom. The molecular weight excluding hydrogens is 524 g/mol. The summed E-state index contributed by atoms with van der Waals surface area (Å²) >= 11 is 5.85. The van der Waals surface area contributed by atoms with Crippen molar-refractivity contribution >= 4 is 25.3 Å². The van der Waals surface area contributed by atoms with Crippen molar-refractivity contribution in [2.45, 2.75) is 56.5 Å². The van der Waals surface area contributed by atoms with Crippen LogP contribution in [0.1, 0.15) is 27.0 Å². The first kappa shape index (κ1) is 28.0. The molecule has 1 aromatic carbocycles. The fourth-order valence-electron chi connectivity index (χ4n) is 3.22. The summed E-state index contributed by atoms with van der Waals surface area (Å²) in [5.41, 5.74) is -1.76. The summed E-state index contributed by atoms with van der Waals surface area (Å²) in [6.07, 6.45) is -4.91. The smallest absolute Gasteiger partial charge is 0.459 e. The Balaban J connectivity index is 1.80. The lowest BCUT2D eigenvalue weighted by Crippen LogP contribution is -2.42. The molecular formula is C21H26ClFN3O9P. The van der Waals surface area contributed by atoms with Gasteiger partial charge in [0, 0.05) is 12.3 Å². The number of esters is 1. The number of hydrogen-bond acceptors (Lipinski definition) is 9. The first-order chi connectivity index (χ1) is 16.8. The van der Waals surface area contributed by atoms with Gasteiger partial charge in [0.15, 0.2) is 6.23 Å². The molecule has 0 radical (unpaired) electrons. The number of ether oxygens (including phenoxy) is 2. The Labute approximate surface area is 209 Å². The molecule has 198 valence electrons. The molecule has 6 atom stereocenters. The van der Waals surface area contributed by atoms with Crippen LogP contribution in [0.25, 0.3) is 0 Å². The van der Waals surface area contributed by atoms with Crippen LogP contribution in [-0.2, 0) is 23.4 Å². The highest BCUT2D eigenvalue weighted by Crippen LogP contribution is 2.48. The molecule has 1 fully saturated rings. The van der Waals surface area contributed by atoms with Gasteiger partial charge in [-0.1, -0.05) is 29.8 Å². The summed E-state index contributed by atoms with van der Waals surface area (Å²) in [4.78, 5) is 37.6. The maximum atomic E-state index is 15.2. The van der Waals surface area contributed by atoms with Crippen molar-refractivity contribution in [2.75, 3.05) is 6.61 Å². The fraction of sp³-hybridized carbons (Fsp3) is 0.476. The molecule has 36 heavy (non-hydrogen) atoms. The van der Waals surface area contributed by atoms with Crippen molar-refractivity contribution in [3.8, 4) is 5.75 Å². The second-order valence-electron chi connectivity index (χ2n) is 8.20. The SMILES string of the molecule is CC(C)OC(=O)[C@@H](C)N[P@](=O)(OC[C@H]1O[C@@H](n2ccc(=O)[nH]c2=O)[C@@](F)(Cl)[C@@H]1O)Oc1ccccc1. The van der Waals surface area contributed by atoms with Gasteiger partial charge in [0.1, 0.15) is 24.0 Å². The summed E-state index contributed by atoms with van der Waals surface area (Å²) < 4.78 is 50.8. The fourth-order valence-corrected chi connectivity index (χ4v) is 5.02. The predicted octanol–water partition coefficient (Wildman–Crippen LogP) is 1.83. The molecule has 1 aliphatic rings. The monoisotopic (exact) mass is 549 g/mol. The van der Waals surface area contributed by atoms with Crippen LogP contribution in [0.2, 0.25) is 0 Å². The minimum Gasteiger partial charge on any atom is -0.462 e. The molecule has 1 saturated heterocycles. The van der Waals surface area contributed by atoms with Crippen LogP contribution in [0.3, 0.4) is 0 Å².